The van der Waals surface area contributed by atoms with Crippen LogP contribution in [-0.2, 0) is 6.42 Å². The Morgan fingerprint density at radius 1 is 1.42 bits per heavy atom. The zero-order chi connectivity index (χ0) is 13.2. The van der Waals surface area contributed by atoms with E-state index < -0.39 is 0 Å². The van der Waals surface area contributed by atoms with Gasteiger partial charge in [0.1, 0.15) is 5.01 Å². The van der Waals surface area contributed by atoms with Crippen molar-refractivity contribution >= 4 is 16.3 Å². The van der Waals surface area contributed by atoms with Crippen LogP contribution in [0.5, 0.6) is 0 Å². The third kappa shape index (κ3) is 2.34. The van der Waals surface area contributed by atoms with E-state index in [9.17, 15) is 0 Å². The van der Waals surface area contributed by atoms with Crippen molar-refractivity contribution in [2.45, 2.75) is 25.8 Å². The van der Waals surface area contributed by atoms with E-state index in [1.807, 2.05) is 12.1 Å². The minimum atomic E-state index is 0.144. The largest absolute Gasteiger partial charge is 0.327 e. The average molecular weight is 274 g/mol. The van der Waals surface area contributed by atoms with Crippen LogP contribution < -0.4 is 5.73 Å². The molecule has 3 heterocycles. The summed E-state index contributed by atoms with van der Waals surface area (Å²) in [7, 11) is 0. The van der Waals surface area contributed by atoms with Crippen LogP contribution in [0.4, 0.5) is 0 Å². The van der Waals surface area contributed by atoms with E-state index in [4.69, 9.17) is 5.73 Å². The Balaban J connectivity index is 1.99. The highest BCUT2D eigenvalue weighted by Gasteiger charge is 2.14. The van der Waals surface area contributed by atoms with Gasteiger partial charge in [0.2, 0.25) is 4.96 Å². The van der Waals surface area contributed by atoms with Crippen LogP contribution in [0, 0.1) is 0 Å². The van der Waals surface area contributed by atoms with Crippen molar-refractivity contribution in [1.29, 1.82) is 0 Å². The second kappa shape index (κ2) is 5.02. The number of aromatic nitrogens is 5. The zero-order valence-corrected chi connectivity index (χ0v) is 11.3. The molecular weight excluding hydrogens is 260 g/mol. The van der Waals surface area contributed by atoms with Gasteiger partial charge in [-0.05, 0) is 18.6 Å². The van der Waals surface area contributed by atoms with Crippen LogP contribution in [0.3, 0.4) is 0 Å². The maximum absolute atomic E-state index is 5.96. The van der Waals surface area contributed by atoms with E-state index in [0.717, 1.165) is 34.2 Å². The highest BCUT2D eigenvalue weighted by Crippen LogP contribution is 2.21. The number of pyridine rings is 1. The average Bonchev–Trinajstić information content (AvgIpc) is 2.99. The molecule has 0 fully saturated rings. The van der Waals surface area contributed by atoms with E-state index in [1.165, 1.54) is 11.3 Å². The zero-order valence-electron chi connectivity index (χ0n) is 10.5. The maximum atomic E-state index is 5.96. The van der Waals surface area contributed by atoms with Crippen LogP contribution in [0.2, 0.25) is 0 Å². The second-order valence-corrected chi connectivity index (χ2v) is 5.37. The lowest BCUT2D eigenvalue weighted by molar-refractivity contribution is 0.638. The molecule has 1 atom stereocenters. The van der Waals surface area contributed by atoms with Crippen molar-refractivity contribution in [3.63, 3.8) is 0 Å². The summed E-state index contributed by atoms with van der Waals surface area (Å²) in [6.45, 7) is 2.08. The molecule has 3 rings (SSSR count). The number of rotatable bonds is 4. The summed E-state index contributed by atoms with van der Waals surface area (Å²) in [5.74, 6) is 0.718. The molecule has 0 aliphatic rings. The van der Waals surface area contributed by atoms with Gasteiger partial charge < -0.3 is 5.73 Å². The summed E-state index contributed by atoms with van der Waals surface area (Å²) < 4.78 is 1.76. The number of hydrogen-bond acceptors (Lipinski definition) is 6. The molecule has 2 N–H and O–H groups in total. The summed E-state index contributed by atoms with van der Waals surface area (Å²) in [5.41, 5.74) is 6.87. The Morgan fingerprint density at radius 3 is 3.05 bits per heavy atom. The van der Waals surface area contributed by atoms with Gasteiger partial charge in [-0.25, -0.2) is 0 Å². The number of nitrogens with zero attached hydrogens (tertiary/aromatic N) is 5. The maximum Gasteiger partial charge on any atom is 0.234 e. The fraction of sp³-hybridized carbons (Fsp3) is 0.333. The van der Waals surface area contributed by atoms with Gasteiger partial charge in [0.05, 0.1) is 0 Å². The summed E-state index contributed by atoms with van der Waals surface area (Å²) in [4.78, 5) is 4.88. The molecule has 3 aromatic heterocycles. The van der Waals surface area contributed by atoms with Crippen molar-refractivity contribution in [1.82, 2.24) is 24.8 Å². The second-order valence-electron chi connectivity index (χ2n) is 4.33. The number of fused-ring (bicyclic) bond motifs is 1. The van der Waals surface area contributed by atoms with Gasteiger partial charge >= 0.3 is 0 Å². The third-order valence-corrected chi connectivity index (χ3v) is 3.83. The minimum Gasteiger partial charge on any atom is -0.327 e. The van der Waals surface area contributed by atoms with Crippen molar-refractivity contribution in [3.05, 3.63) is 29.5 Å². The van der Waals surface area contributed by atoms with E-state index in [1.54, 1.807) is 16.9 Å². The lowest BCUT2D eigenvalue weighted by atomic mass is 10.2. The minimum absolute atomic E-state index is 0.144. The number of hydrogen-bond donors (Lipinski definition) is 1. The van der Waals surface area contributed by atoms with Crippen LogP contribution in [0.1, 0.15) is 18.4 Å². The molecule has 0 amide bonds. The predicted octanol–water partition coefficient (Wildman–Crippen LogP) is 1.53. The van der Waals surface area contributed by atoms with Crippen LogP contribution in [-0.4, -0.2) is 30.8 Å². The molecule has 0 aliphatic carbocycles. The number of nitrogens with two attached hydrogens (primary N) is 1. The van der Waals surface area contributed by atoms with Crippen molar-refractivity contribution in [2.75, 3.05) is 0 Å². The quantitative estimate of drug-likeness (QED) is 0.780. The standard InChI is InChI=1S/C12H14N6S/c1-2-9(13)6-10-17-18-11(15-16-12(18)19-10)8-4-3-5-14-7-8/h3-5,7,9H,2,6,13H2,1H3. The molecule has 0 bridgehead atoms. The van der Waals surface area contributed by atoms with Gasteiger partial charge in [0.15, 0.2) is 5.82 Å². The topological polar surface area (TPSA) is 82.0 Å². The SMILES string of the molecule is CCC(N)Cc1nn2c(-c3cccnc3)nnc2s1. The van der Waals surface area contributed by atoms with Gasteiger partial charge in [0.25, 0.3) is 0 Å². The molecule has 98 valence electrons. The Kier molecular flexibility index (Phi) is 3.22. The highest BCUT2D eigenvalue weighted by atomic mass is 32.1. The normalized spacial score (nSPS) is 12.9. The van der Waals surface area contributed by atoms with Crippen molar-refractivity contribution < 1.29 is 0 Å². The summed E-state index contributed by atoms with van der Waals surface area (Å²) >= 11 is 1.53. The van der Waals surface area contributed by atoms with E-state index in [0.29, 0.717) is 0 Å². The Labute approximate surface area is 114 Å². The molecule has 0 aromatic carbocycles. The first-order valence-corrected chi connectivity index (χ1v) is 6.96. The van der Waals surface area contributed by atoms with Gasteiger partial charge in [0, 0.05) is 30.4 Å². The molecule has 0 spiro atoms. The molecule has 6 nitrogen and oxygen atoms in total. The molecule has 0 aliphatic heterocycles. The Hall–Kier alpha value is -1.86. The molecular formula is C12H14N6S. The van der Waals surface area contributed by atoms with Crippen LogP contribution in [0.15, 0.2) is 24.5 Å². The first-order chi connectivity index (χ1) is 9.28. The monoisotopic (exact) mass is 274 g/mol. The molecule has 7 heteroatoms. The van der Waals surface area contributed by atoms with E-state index >= 15 is 0 Å². The fourth-order valence-electron chi connectivity index (χ4n) is 1.78. The molecule has 1 unspecified atom stereocenters. The van der Waals surface area contributed by atoms with Crippen LogP contribution in [0.25, 0.3) is 16.3 Å². The Morgan fingerprint density at radius 2 is 2.32 bits per heavy atom. The molecule has 3 aromatic rings. The van der Waals surface area contributed by atoms with Gasteiger partial charge in [-0.15, -0.1) is 10.2 Å². The molecule has 0 saturated carbocycles. The smallest absolute Gasteiger partial charge is 0.234 e. The predicted molar refractivity (Wildman–Crippen MR) is 73.9 cm³/mol. The lowest BCUT2D eigenvalue weighted by Gasteiger charge is -2.03. The van der Waals surface area contributed by atoms with E-state index in [-0.39, 0.29) is 6.04 Å². The highest BCUT2D eigenvalue weighted by molar-refractivity contribution is 7.16. The van der Waals surface area contributed by atoms with Gasteiger partial charge in [-0.3, -0.25) is 4.98 Å². The third-order valence-electron chi connectivity index (χ3n) is 2.91. The summed E-state index contributed by atoms with van der Waals surface area (Å²) in [6, 6.07) is 3.96. The van der Waals surface area contributed by atoms with Gasteiger partial charge in [-0.2, -0.15) is 9.61 Å². The van der Waals surface area contributed by atoms with Crippen molar-refractivity contribution in [3.8, 4) is 11.4 Å². The first-order valence-electron chi connectivity index (χ1n) is 6.15. The molecule has 0 saturated heterocycles. The Bertz CT molecular complexity index is 674. The summed E-state index contributed by atoms with van der Waals surface area (Å²) in [6.07, 6.45) is 5.20. The summed E-state index contributed by atoms with van der Waals surface area (Å²) in [5, 5.41) is 13.8. The van der Waals surface area contributed by atoms with Gasteiger partial charge in [-0.1, -0.05) is 18.3 Å². The fourth-order valence-corrected chi connectivity index (χ4v) is 2.71. The molecule has 19 heavy (non-hydrogen) atoms. The van der Waals surface area contributed by atoms with E-state index in [2.05, 4.69) is 27.2 Å². The van der Waals surface area contributed by atoms with Crippen molar-refractivity contribution in [2.24, 2.45) is 5.73 Å². The van der Waals surface area contributed by atoms with Crippen LogP contribution >= 0.6 is 11.3 Å². The molecule has 0 radical (unpaired) electrons. The lowest BCUT2D eigenvalue weighted by Crippen LogP contribution is -2.21. The first kappa shape index (κ1) is 12.2.